The molecule has 1 fully saturated rings. The van der Waals surface area contributed by atoms with Crippen LogP contribution < -0.4 is 21.9 Å². The van der Waals surface area contributed by atoms with E-state index in [9.17, 15) is 18.4 Å². The molecular weight excluding hydrogens is 684 g/mol. The predicted octanol–water partition coefficient (Wildman–Crippen LogP) is 5.79. The molecule has 254 valence electrons. The van der Waals surface area contributed by atoms with Gasteiger partial charge in [-0.15, -0.1) is 0 Å². The number of nitrogens with two attached hydrogens (primary N) is 1. The van der Waals surface area contributed by atoms with Crippen molar-refractivity contribution in [3.8, 4) is 5.69 Å². The molecule has 4 N–H and O–H groups in total. The van der Waals surface area contributed by atoms with E-state index in [2.05, 4.69) is 25.1 Å². The lowest BCUT2D eigenvalue weighted by Gasteiger charge is -2.25. The molecule has 2 aromatic heterocycles. The molecule has 1 saturated carbocycles. The van der Waals surface area contributed by atoms with Crippen molar-refractivity contribution in [1.29, 1.82) is 0 Å². The lowest BCUT2D eigenvalue weighted by atomic mass is 10.0. The molecule has 0 saturated heterocycles. The Labute approximate surface area is 286 Å². The molecule has 1 amide bonds. The molecule has 5 aromatic rings. The van der Waals surface area contributed by atoms with Crippen molar-refractivity contribution < 1.29 is 22.4 Å². The fourth-order valence-electron chi connectivity index (χ4n) is 5.72. The van der Waals surface area contributed by atoms with E-state index in [1.807, 2.05) is 6.07 Å². The van der Waals surface area contributed by atoms with Gasteiger partial charge in [0.1, 0.15) is 52.4 Å². The molecule has 16 heteroatoms. The van der Waals surface area contributed by atoms with Crippen LogP contribution in [0, 0.1) is 23.3 Å². The minimum Gasteiger partial charge on any atom is -0.386 e. The Morgan fingerprint density at radius 3 is 2.49 bits per heavy atom. The summed E-state index contributed by atoms with van der Waals surface area (Å²) < 4.78 is 66.0. The highest BCUT2D eigenvalue weighted by Crippen LogP contribution is 2.39. The molecule has 1 unspecified atom stereocenters. The van der Waals surface area contributed by atoms with Gasteiger partial charge in [-0.1, -0.05) is 11.6 Å². The maximum absolute atomic E-state index is 15.3. The Balaban J connectivity index is 1.58. The smallest absolute Gasteiger partial charge is 0.269 e. The molecule has 1 aliphatic rings. The molecule has 1 aliphatic carbocycles. The topological polar surface area (TPSA) is 132 Å². The Kier molecular flexibility index (Phi) is 9.65. The number of hydrogen-bond donors (Lipinski definition) is 3. The summed E-state index contributed by atoms with van der Waals surface area (Å²) in [5.41, 5.74) is 5.97. The van der Waals surface area contributed by atoms with Gasteiger partial charge in [0, 0.05) is 37.9 Å². The highest BCUT2D eigenvalue weighted by atomic mass is 35.5. The van der Waals surface area contributed by atoms with Crippen molar-refractivity contribution in [2.24, 2.45) is 10.1 Å². The number of rotatable bonds is 11. The highest BCUT2D eigenvalue weighted by Gasteiger charge is 2.29. The summed E-state index contributed by atoms with van der Waals surface area (Å²) in [4.78, 5) is 32.3. The molecule has 0 radical (unpaired) electrons. The normalized spacial score (nSPS) is 13.9. The molecule has 0 spiro atoms. The monoisotopic (exact) mass is 712 g/mol. The van der Waals surface area contributed by atoms with Crippen LogP contribution in [-0.2, 0) is 17.8 Å². The van der Waals surface area contributed by atoms with E-state index in [0.29, 0.717) is 12.0 Å². The van der Waals surface area contributed by atoms with Gasteiger partial charge in [0.05, 0.1) is 33.7 Å². The van der Waals surface area contributed by atoms with Crippen molar-refractivity contribution in [2.45, 2.75) is 37.8 Å². The van der Waals surface area contributed by atoms with Crippen LogP contribution >= 0.6 is 23.5 Å². The number of nitrogens with one attached hydrogen (secondary N) is 2. The summed E-state index contributed by atoms with van der Waals surface area (Å²) in [6.07, 6.45) is 5.03. The van der Waals surface area contributed by atoms with Gasteiger partial charge in [-0.2, -0.15) is 9.50 Å². The summed E-state index contributed by atoms with van der Waals surface area (Å²) in [5, 5.41) is 9.70. The molecule has 2 heterocycles. The van der Waals surface area contributed by atoms with Gasteiger partial charge in [-0.05, 0) is 72.8 Å². The molecule has 0 aliphatic heterocycles. The molecule has 0 bridgehead atoms. The van der Waals surface area contributed by atoms with Gasteiger partial charge in [-0.25, -0.2) is 22.5 Å². The van der Waals surface area contributed by atoms with E-state index in [4.69, 9.17) is 17.3 Å². The number of anilines is 1. The largest absolute Gasteiger partial charge is 0.386 e. The lowest BCUT2D eigenvalue weighted by molar-refractivity contribution is -0.122. The second-order valence-corrected chi connectivity index (χ2v) is 12.4. The third-order valence-corrected chi connectivity index (χ3v) is 8.69. The van der Waals surface area contributed by atoms with Crippen LogP contribution in [0.4, 0.5) is 23.2 Å². The molecular formula is C33H29ClF4N8O2S. The van der Waals surface area contributed by atoms with Crippen molar-refractivity contribution >= 4 is 51.9 Å². The van der Waals surface area contributed by atoms with Crippen LogP contribution in [0.2, 0.25) is 5.02 Å². The van der Waals surface area contributed by atoms with Crippen molar-refractivity contribution in [3.63, 3.8) is 0 Å². The van der Waals surface area contributed by atoms with Gasteiger partial charge in [-0.3, -0.25) is 18.8 Å². The fourth-order valence-corrected chi connectivity index (χ4v) is 6.26. The summed E-state index contributed by atoms with van der Waals surface area (Å²) in [7, 11) is 1.53. The molecule has 49 heavy (non-hydrogen) atoms. The van der Waals surface area contributed by atoms with Crippen LogP contribution in [0.5, 0.6) is 0 Å². The van der Waals surface area contributed by atoms with E-state index in [1.165, 1.54) is 23.9 Å². The van der Waals surface area contributed by atoms with Gasteiger partial charge in [0.2, 0.25) is 5.91 Å². The third-order valence-electron chi connectivity index (χ3n) is 7.99. The number of amides is 1. The molecule has 3 aromatic carbocycles. The number of carbonyl (C=O) groups is 1. The Bertz CT molecular complexity index is 2170. The quantitative estimate of drug-likeness (QED) is 0.0684. The second-order valence-electron chi connectivity index (χ2n) is 11.4. The third kappa shape index (κ3) is 6.99. The van der Waals surface area contributed by atoms with Crippen LogP contribution in [0.25, 0.3) is 16.6 Å². The number of hydrogen-bond acceptors (Lipinski definition) is 7. The van der Waals surface area contributed by atoms with Crippen LogP contribution in [-0.4, -0.2) is 44.4 Å². The minimum atomic E-state index is -1.33. The molecule has 6 rings (SSSR count). The summed E-state index contributed by atoms with van der Waals surface area (Å²) >= 11 is 7.59. The second kappa shape index (κ2) is 13.9. The number of aromatic nitrogens is 4. The zero-order valence-electron chi connectivity index (χ0n) is 26.1. The van der Waals surface area contributed by atoms with E-state index >= 15 is 8.78 Å². The molecule has 1 atom stereocenters. The van der Waals surface area contributed by atoms with Gasteiger partial charge >= 0.3 is 0 Å². The first-order valence-electron chi connectivity index (χ1n) is 15.0. The summed E-state index contributed by atoms with van der Waals surface area (Å²) in [6.45, 7) is -0.254. The first-order valence-corrected chi connectivity index (χ1v) is 16.6. The number of carbonyl (C=O) groups excluding carboxylic acids is 1. The lowest BCUT2D eigenvalue weighted by Crippen LogP contribution is -2.38. The standard InChI is InChI=1S/C33H29ClF4N8O2S/c1-40-30-25(8-5-20(34)27(30)31(39)44-49-2)46-32(42-29-22(38)7-6-21(37)28(29)33(46)48)24(13-16-11-18(35)14-19(36)12-16)41-26(47)15-45-10-9-23(43-45)17-3-4-17/h5-12,14,17,24,40H,3-4,13,15H2,1-2H3,(H2,39,44)(H,41,47). The van der Waals surface area contributed by atoms with Crippen molar-refractivity contribution in [3.05, 3.63) is 116 Å². The number of fused-ring (bicyclic) bond motifs is 1. The highest BCUT2D eigenvalue weighted by molar-refractivity contribution is 7.97. The average molecular weight is 713 g/mol. The molecule has 10 nitrogen and oxygen atoms in total. The van der Waals surface area contributed by atoms with Gasteiger partial charge < -0.3 is 16.4 Å². The Morgan fingerprint density at radius 2 is 1.82 bits per heavy atom. The van der Waals surface area contributed by atoms with Crippen molar-refractivity contribution in [1.82, 2.24) is 24.6 Å². The first-order chi connectivity index (χ1) is 23.5. The number of nitrogens with zero attached hydrogens (tertiary/aromatic N) is 5. The van der Waals surface area contributed by atoms with E-state index in [-0.39, 0.29) is 52.1 Å². The maximum atomic E-state index is 15.3. The first kappa shape index (κ1) is 34.0. The average Bonchev–Trinajstić information content (AvgIpc) is 3.80. The van der Waals surface area contributed by atoms with E-state index < -0.39 is 51.7 Å². The number of benzene rings is 3. The van der Waals surface area contributed by atoms with Crippen molar-refractivity contribution in [2.75, 3.05) is 18.6 Å². The van der Waals surface area contributed by atoms with Crippen LogP contribution in [0.1, 0.15) is 47.4 Å². The van der Waals surface area contributed by atoms with Gasteiger partial charge in [0.15, 0.2) is 0 Å². The fraction of sp³-hybridized carbons (Fsp3) is 0.242. The predicted molar refractivity (Wildman–Crippen MR) is 181 cm³/mol. The zero-order valence-corrected chi connectivity index (χ0v) is 27.7. The van der Waals surface area contributed by atoms with Crippen LogP contribution in [0.15, 0.2) is 63.9 Å². The zero-order chi connectivity index (χ0) is 35.0. The SMILES string of the molecule is CNc1c(-n2c(C(Cc3cc(F)cc(F)c3)NC(=O)Cn3ccc(C4CC4)n3)nc3c(F)ccc(F)c3c2=O)ccc(Cl)c1/C(N)=N/SC. The summed E-state index contributed by atoms with van der Waals surface area (Å²) in [6, 6.07) is 7.78. The number of amidine groups is 1. The van der Waals surface area contributed by atoms with E-state index in [0.717, 1.165) is 59.3 Å². The Hall–Kier alpha value is -4.89. The Morgan fingerprint density at radius 1 is 1.10 bits per heavy atom. The van der Waals surface area contributed by atoms with Crippen LogP contribution in [0.3, 0.4) is 0 Å². The summed E-state index contributed by atoms with van der Waals surface area (Å²) in [5.74, 6) is -4.36. The van der Waals surface area contributed by atoms with E-state index in [1.54, 1.807) is 12.5 Å². The number of halogens is 5. The maximum Gasteiger partial charge on any atom is 0.269 e. The van der Waals surface area contributed by atoms with Gasteiger partial charge in [0.25, 0.3) is 5.56 Å². The minimum absolute atomic E-state index is 0.00542.